The molecule has 0 aliphatic carbocycles. The van der Waals surface area contributed by atoms with Gasteiger partial charge >= 0.3 is 0 Å². The normalized spacial score (nSPS) is 12.0. The summed E-state index contributed by atoms with van der Waals surface area (Å²) in [6.07, 6.45) is 2.39. The predicted octanol–water partition coefficient (Wildman–Crippen LogP) is 5.21. The highest BCUT2D eigenvalue weighted by Crippen LogP contribution is 2.22. The van der Waals surface area contributed by atoms with Crippen LogP contribution in [0.3, 0.4) is 0 Å². The molecule has 30 heavy (non-hydrogen) atoms. The highest BCUT2D eigenvalue weighted by Gasteiger charge is 2.19. The van der Waals surface area contributed by atoms with Crippen LogP contribution in [0.15, 0.2) is 48.5 Å². The van der Waals surface area contributed by atoms with Crippen molar-refractivity contribution >= 4 is 34.9 Å². The fourth-order valence-electron chi connectivity index (χ4n) is 3.16. The summed E-state index contributed by atoms with van der Waals surface area (Å²) in [4.78, 5) is 24.9. The lowest BCUT2D eigenvalue weighted by atomic mass is 10.0. The molecule has 1 amide bonds. The molecule has 2 aromatic rings. The molecule has 0 heterocycles. The number of carbonyl (C=O) groups is 2. The van der Waals surface area contributed by atoms with E-state index in [0.29, 0.717) is 48.3 Å². The third-order valence-electron chi connectivity index (χ3n) is 4.80. The van der Waals surface area contributed by atoms with Crippen LogP contribution in [0.2, 0.25) is 10.0 Å². The summed E-state index contributed by atoms with van der Waals surface area (Å²) in [5.41, 5.74) is 2.05. The molecule has 0 bridgehead atoms. The van der Waals surface area contributed by atoms with Gasteiger partial charge < -0.3 is 10.6 Å². The number of rotatable bonds is 12. The monoisotopic (exact) mass is 448 g/mol. The third-order valence-corrected chi connectivity index (χ3v) is 5.54. The number of hydrogen-bond acceptors (Lipinski definition) is 3. The fourth-order valence-corrected chi connectivity index (χ4v) is 3.48. The molecule has 0 spiro atoms. The van der Waals surface area contributed by atoms with E-state index in [1.807, 2.05) is 36.4 Å². The lowest BCUT2D eigenvalue weighted by Gasteiger charge is -2.20. The van der Waals surface area contributed by atoms with Crippen LogP contribution in [0.4, 0.5) is 0 Å². The van der Waals surface area contributed by atoms with Gasteiger partial charge in [-0.15, -0.1) is 0 Å². The number of benzene rings is 2. The number of amides is 1. The van der Waals surface area contributed by atoms with Crippen molar-refractivity contribution in [3.05, 3.63) is 69.7 Å². The van der Waals surface area contributed by atoms with Crippen molar-refractivity contribution in [2.45, 2.75) is 52.1 Å². The Morgan fingerprint density at radius 3 is 2.33 bits per heavy atom. The van der Waals surface area contributed by atoms with Gasteiger partial charge in [-0.2, -0.15) is 0 Å². The van der Waals surface area contributed by atoms with Crippen LogP contribution in [-0.4, -0.2) is 24.3 Å². The van der Waals surface area contributed by atoms with Crippen molar-refractivity contribution < 1.29 is 9.59 Å². The number of hydrogen-bond donors (Lipinski definition) is 2. The first-order valence-corrected chi connectivity index (χ1v) is 11.1. The SMILES string of the molecule is CC(C)CC(NCCC(=O)CCc1ccccc1)C(=O)NCc1ccc(Cl)c(Cl)c1. The molecule has 162 valence electrons. The Labute approximate surface area is 189 Å². The maximum absolute atomic E-state index is 12.7. The zero-order chi connectivity index (χ0) is 21.9. The Bertz CT molecular complexity index is 825. The average molecular weight is 449 g/mol. The summed E-state index contributed by atoms with van der Waals surface area (Å²) in [6.45, 7) is 5.02. The second kappa shape index (κ2) is 12.7. The summed E-state index contributed by atoms with van der Waals surface area (Å²) < 4.78 is 0. The van der Waals surface area contributed by atoms with Gasteiger partial charge in [0.15, 0.2) is 0 Å². The topological polar surface area (TPSA) is 58.2 Å². The van der Waals surface area contributed by atoms with Crippen molar-refractivity contribution in [2.24, 2.45) is 5.92 Å². The van der Waals surface area contributed by atoms with E-state index in [0.717, 1.165) is 17.5 Å². The third kappa shape index (κ3) is 8.86. The predicted molar refractivity (Wildman–Crippen MR) is 124 cm³/mol. The van der Waals surface area contributed by atoms with Gasteiger partial charge in [-0.25, -0.2) is 0 Å². The second-order valence-electron chi connectivity index (χ2n) is 7.88. The van der Waals surface area contributed by atoms with Crippen molar-refractivity contribution in [1.82, 2.24) is 10.6 Å². The van der Waals surface area contributed by atoms with Gasteiger partial charge in [-0.05, 0) is 42.0 Å². The van der Waals surface area contributed by atoms with Gasteiger partial charge in [0.05, 0.1) is 16.1 Å². The van der Waals surface area contributed by atoms with Crippen LogP contribution in [0, 0.1) is 5.92 Å². The zero-order valence-electron chi connectivity index (χ0n) is 17.6. The van der Waals surface area contributed by atoms with E-state index in [1.54, 1.807) is 12.1 Å². The molecule has 0 aliphatic rings. The summed E-state index contributed by atoms with van der Waals surface area (Å²) in [5, 5.41) is 7.16. The number of carbonyl (C=O) groups excluding carboxylic acids is 2. The Balaban J connectivity index is 1.78. The van der Waals surface area contributed by atoms with Gasteiger partial charge in [-0.3, -0.25) is 9.59 Å². The number of halogens is 2. The lowest BCUT2D eigenvalue weighted by molar-refractivity contribution is -0.124. The largest absolute Gasteiger partial charge is 0.351 e. The Hall–Kier alpha value is -1.88. The minimum Gasteiger partial charge on any atom is -0.351 e. The number of nitrogens with one attached hydrogen (secondary N) is 2. The zero-order valence-corrected chi connectivity index (χ0v) is 19.1. The van der Waals surface area contributed by atoms with Gasteiger partial charge in [0.1, 0.15) is 5.78 Å². The van der Waals surface area contributed by atoms with E-state index in [1.165, 1.54) is 0 Å². The smallest absolute Gasteiger partial charge is 0.237 e. The van der Waals surface area contributed by atoms with E-state index in [4.69, 9.17) is 23.2 Å². The van der Waals surface area contributed by atoms with E-state index in [9.17, 15) is 9.59 Å². The molecule has 0 aromatic heterocycles. The van der Waals surface area contributed by atoms with E-state index in [-0.39, 0.29) is 17.7 Å². The van der Waals surface area contributed by atoms with Crippen LogP contribution in [0.1, 0.15) is 44.2 Å². The highest BCUT2D eigenvalue weighted by atomic mass is 35.5. The Kier molecular flexibility index (Phi) is 10.4. The summed E-state index contributed by atoms with van der Waals surface area (Å²) in [6, 6.07) is 15.0. The highest BCUT2D eigenvalue weighted by molar-refractivity contribution is 6.42. The van der Waals surface area contributed by atoms with Crippen LogP contribution >= 0.6 is 23.2 Å². The van der Waals surface area contributed by atoms with E-state index < -0.39 is 0 Å². The summed E-state index contributed by atoms with van der Waals surface area (Å²) >= 11 is 12.0. The van der Waals surface area contributed by atoms with Crippen LogP contribution < -0.4 is 10.6 Å². The number of aryl methyl sites for hydroxylation is 1. The van der Waals surface area contributed by atoms with Gasteiger partial charge in [0, 0.05) is 25.9 Å². The van der Waals surface area contributed by atoms with E-state index in [2.05, 4.69) is 24.5 Å². The molecule has 1 atom stereocenters. The van der Waals surface area contributed by atoms with Crippen LogP contribution in [0.5, 0.6) is 0 Å². The van der Waals surface area contributed by atoms with E-state index >= 15 is 0 Å². The first kappa shape index (κ1) is 24.4. The summed E-state index contributed by atoms with van der Waals surface area (Å²) in [5.74, 6) is 0.476. The Morgan fingerprint density at radius 1 is 0.933 bits per heavy atom. The quantitative estimate of drug-likeness (QED) is 0.468. The molecule has 0 saturated carbocycles. The first-order valence-electron chi connectivity index (χ1n) is 10.4. The van der Waals surface area contributed by atoms with Gasteiger partial charge in [0.2, 0.25) is 5.91 Å². The average Bonchev–Trinajstić information content (AvgIpc) is 2.72. The first-order chi connectivity index (χ1) is 14.3. The molecule has 6 heteroatoms. The minimum absolute atomic E-state index is 0.0773. The van der Waals surface area contributed by atoms with Crippen LogP contribution in [0.25, 0.3) is 0 Å². The standard InChI is InChI=1S/C24H30Cl2N2O2/c1-17(2)14-23(24(30)28-16-19-9-11-21(25)22(26)15-19)27-13-12-20(29)10-8-18-6-4-3-5-7-18/h3-7,9,11,15,17,23,27H,8,10,12-14,16H2,1-2H3,(H,28,30). The van der Waals surface area contributed by atoms with Crippen molar-refractivity contribution in [3.63, 3.8) is 0 Å². The minimum atomic E-state index is -0.338. The molecule has 1 unspecified atom stereocenters. The molecular weight excluding hydrogens is 419 g/mol. The maximum Gasteiger partial charge on any atom is 0.237 e. The van der Waals surface area contributed by atoms with Gasteiger partial charge in [-0.1, -0.05) is 73.4 Å². The molecule has 0 radical (unpaired) electrons. The lowest BCUT2D eigenvalue weighted by Crippen LogP contribution is -2.45. The molecule has 2 rings (SSSR count). The molecule has 0 saturated heterocycles. The van der Waals surface area contributed by atoms with Crippen LogP contribution in [-0.2, 0) is 22.6 Å². The molecule has 0 aliphatic heterocycles. The molecule has 2 aromatic carbocycles. The molecule has 2 N–H and O–H groups in total. The van der Waals surface area contributed by atoms with Crippen molar-refractivity contribution in [1.29, 1.82) is 0 Å². The number of ketones is 1. The Morgan fingerprint density at radius 2 is 1.67 bits per heavy atom. The summed E-state index contributed by atoms with van der Waals surface area (Å²) in [7, 11) is 0. The second-order valence-corrected chi connectivity index (χ2v) is 8.69. The molecule has 0 fully saturated rings. The molecular formula is C24H30Cl2N2O2. The van der Waals surface area contributed by atoms with Crippen molar-refractivity contribution in [2.75, 3.05) is 6.54 Å². The fraction of sp³-hybridized carbons (Fsp3) is 0.417. The maximum atomic E-state index is 12.7. The van der Waals surface area contributed by atoms with Gasteiger partial charge in [0.25, 0.3) is 0 Å². The number of Topliss-reactive ketones (excluding diaryl/α,β-unsaturated/α-hetero) is 1. The molecule has 4 nitrogen and oxygen atoms in total. The van der Waals surface area contributed by atoms with Crippen molar-refractivity contribution in [3.8, 4) is 0 Å².